The maximum atomic E-state index is 2.45. The third-order valence-electron chi connectivity index (χ3n) is 0.884. The molecule has 0 N–H and O–H groups in total. The summed E-state index contributed by atoms with van der Waals surface area (Å²) in [5.41, 5.74) is 1.57. The van der Waals surface area contributed by atoms with Gasteiger partial charge in [-0.1, -0.05) is 19.6 Å². The average Bonchev–Trinajstić information content (AvgIpc) is 1.21. The number of hydrogen-bond acceptors (Lipinski definition) is 0. The van der Waals surface area contributed by atoms with Gasteiger partial charge in [-0.15, -0.1) is 0 Å². The summed E-state index contributed by atoms with van der Waals surface area (Å²) in [4.78, 5) is 0. The van der Waals surface area contributed by atoms with Crippen molar-refractivity contribution in [3.05, 3.63) is 0 Å². The lowest BCUT2D eigenvalue weighted by Gasteiger charge is -2.09. The van der Waals surface area contributed by atoms with Crippen molar-refractivity contribution in [1.29, 1.82) is 0 Å². The highest BCUT2D eigenvalue weighted by atomic mass is 28.4. The quantitative estimate of drug-likeness (QED) is 0.524. The van der Waals surface area contributed by atoms with Gasteiger partial charge in [0.15, 0.2) is 0 Å². The molecule has 8 heavy (non-hydrogen) atoms. The Kier molecular flexibility index (Phi) is 2.98. The molecular weight excluding hydrogens is 128 g/mol. The minimum absolute atomic E-state index is 0.0697. The minimum Gasteiger partial charge on any atom is -0.0672 e. The first-order chi connectivity index (χ1) is 3.42. The Morgan fingerprint density at radius 1 is 1.12 bits per heavy atom. The average molecular weight is 145 g/mol. The highest BCUT2D eigenvalue weighted by Crippen LogP contribution is 2.09. The van der Waals surface area contributed by atoms with Crippen LogP contribution < -0.4 is 0 Å². The molecule has 0 aromatic rings. The molecular formula is C6H17Si2+. The van der Waals surface area contributed by atoms with E-state index in [0.29, 0.717) is 0 Å². The van der Waals surface area contributed by atoms with Crippen molar-refractivity contribution >= 4 is 16.9 Å². The molecule has 0 rings (SSSR count). The Morgan fingerprint density at radius 2 is 1.50 bits per heavy atom. The fourth-order valence-electron chi connectivity index (χ4n) is 1.06. The fourth-order valence-corrected chi connectivity index (χ4v) is 9.55. The molecule has 0 unspecified atom stereocenters. The van der Waals surface area contributed by atoms with E-state index in [1.807, 2.05) is 0 Å². The Labute approximate surface area is 55.9 Å². The largest absolute Gasteiger partial charge is 0.304 e. The van der Waals surface area contributed by atoms with E-state index in [9.17, 15) is 0 Å². The first-order valence-corrected chi connectivity index (χ1v) is 9.62. The van der Waals surface area contributed by atoms with E-state index in [-0.39, 0.29) is 8.80 Å². The maximum absolute atomic E-state index is 2.45. The molecule has 0 saturated carbocycles. The van der Waals surface area contributed by atoms with Gasteiger partial charge in [0.25, 0.3) is 0 Å². The van der Waals surface area contributed by atoms with E-state index in [1.54, 1.807) is 5.67 Å². The summed E-state index contributed by atoms with van der Waals surface area (Å²) in [6, 6.07) is 0. The van der Waals surface area contributed by atoms with Gasteiger partial charge >= 0.3 is 8.80 Å². The van der Waals surface area contributed by atoms with Crippen molar-refractivity contribution in [1.82, 2.24) is 0 Å². The van der Waals surface area contributed by atoms with E-state index >= 15 is 0 Å². The summed E-state index contributed by atoms with van der Waals surface area (Å²) in [6.07, 6.45) is 0. The lowest BCUT2D eigenvalue weighted by atomic mass is 11.7. The summed E-state index contributed by atoms with van der Waals surface area (Å²) in [5.74, 6) is 0. The van der Waals surface area contributed by atoms with Gasteiger partial charge in [0.2, 0.25) is 0 Å². The van der Waals surface area contributed by atoms with Gasteiger partial charge in [-0.25, -0.2) is 0 Å². The number of hydrogen-bond donors (Lipinski definition) is 0. The fraction of sp³-hybridized carbons (Fsp3) is 1.00. The van der Waals surface area contributed by atoms with Crippen LogP contribution >= 0.6 is 0 Å². The second-order valence-electron chi connectivity index (χ2n) is 3.94. The second kappa shape index (κ2) is 2.83. The van der Waals surface area contributed by atoms with Crippen LogP contribution in [0.2, 0.25) is 38.4 Å². The van der Waals surface area contributed by atoms with E-state index in [4.69, 9.17) is 0 Å². The van der Waals surface area contributed by atoms with E-state index in [1.165, 1.54) is 0 Å². The van der Waals surface area contributed by atoms with Gasteiger partial charge in [-0.05, 0) is 0 Å². The molecule has 0 aliphatic carbocycles. The zero-order chi connectivity index (χ0) is 6.78. The lowest BCUT2D eigenvalue weighted by molar-refractivity contribution is 1.59. The molecule has 0 aromatic carbocycles. The van der Waals surface area contributed by atoms with Crippen molar-refractivity contribution in [2.24, 2.45) is 0 Å². The topological polar surface area (TPSA) is 0 Å². The van der Waals surface area contributed by atoms with Crippen molar-refractivity contribution in [2.45, 2.75) is 38.4 Å². The van der Waals surface area contributed by atoms with Crippen LogP contribution in [0.3, 0.4) is 0 Å². The Hall–Kier alpha value is 0.434. The molecule has 0 amide bonds. The molecule has 0 aromatic heterocycles. The van der Waals surface area contributed by atoms with Crippen LogP contribution in [0.25, 0.3) is 0 Å². The molecule has 0 spiro atoms. The van der Waals surface area contributed by atoms with Crippen LogP contribution in [0.15, 0.2) is 0 Å². The van der Waals surface area contributed by atoms with Gasteiger partial charge in [0.05, 0.1) is 26.8 Å². The molecule has 0 aliphatic heterocycles. The number of rotatable bonds is 2. The van der Waals surface area contributed by atoms with Crippen LogP contribution in [0, 0.1) is 0 Å². The first kappa shape index (κ1) is 8.43. The molecule has 0 aliphatic rings. The summed E-state index contributed by atoms with van der Waals surface area (Å²) in [7, 11) is -0.605. The molecule has 0 heterocycles. The van der Waals surface area contributed by atoms with Crippen molar-refractivity contribution in [3.63, 3.8) is 0 Å². The highest BCUT2D eigenvalue weighted by molar-refractivity contribution is 6.86. The zero-order valence-corrected chi connectivity index (χ0v) is 8.71. The van der Waals surface area contributed by atoms with Crippen molar-refractivity contribution in [2.75, 3.05) is 0 Å². The van der Waals surface area contributed by atoms with Crippen LogP contribution in [-0.4, -0.2) is 16.9 Å². The summed E-state index contributed by atoms with van der Waals surface area (Å²) in [5, 5.41) is 0. The maximum Gasteiger partial charge on any atom is 0.304 e. The second-order valence-corrected chi connectivity index (χ2v) is 12.9. The molecule has 2 heteroatoms. The SMILES string of the molecule is C[Si+](C)C[Si](C)(C)C. The van der Waals surface area contributed by atoms with Crippen LogP contribution in [-0.2, 0) is 0 Å². The Bertz CT molecular complexity index is 61.4. The highest BCUT2D eigenvalue weighted by Gasteiger charge is 2.24. The normalized spacial score (nSPS) is 11.6. The van der Waals surface area contributed by atoms with Gasteiger partial charge in [0, 0.05) is 0 Å². The Balaban J connectivity index is 3.39. The summed E-state index contributed by atoms with van der Waals surface area (Å²) < 4.78 is 0. The Morgan fingerprint density at radius 3 is 1.50 bits per heavy atom. The summed E-state index contributed by atoms with van der Waals surface area (Å²) >= 11 is 0. The monoisotopic (exact) mass is 145 g/mol. The van der Waals surface area contributed by atoms with Crippen molar-refractivity contribution < 1.29 is 0 Å². The minimum atomic E-state index is -0.675. The molecule has 0 radical (unpaired) electrons. The van der Waals surface area contributed by atoms with Crippen molar-refractivity contribution in [3.8, 4) is 0 Å². The smallest absolute Gasteiger partial charge is 0.0672 e. The van der Waals surface area contributed by atoms with Crippen LogP contribution in [0.4, 0.5) is 0 Å². The molecule has 0 saturated heterocycles. The molecule has 0 bridgehead atoms. The standard InChI is InChI=1S/C6H17Si2/c1-7(2)6-8(3,4)5/h6H2,1-5H3/q+1. The molecule has 0 nitrogen and oxygen atoms in total. The van der Waals surface area contributed by atoms with E-state index in [0.717, 1.165) is 0 Å². The lowest BCUT2D eigenvalue weighted by Crippen LogP contribution is -2.25. The predicted molar refractivity (Wildman–Crippen MR) is 45.6 cm³/mol. The zero-order valence-electron chi connectivity index (χ0n) is 6.71. The van der Waals surface area contributed by atoms with Gasteiger partial charge < -0.3 is 0 Å². The van der Waals surface area contributed by atoms with Gasteiger partial charge in [0.1, 0.15) is 0 Å². The van der Waals surface area contributed by atoms with Gasteiger partial charge in [-0.2, -0.15) is 0 Å². The molecule has 0 fully saturated rings. The van der Waals surface area contributed by atoms with E-state index < -0.39 is 8.07 Å². The predicted octanol–water partition coefficient (Wildman–Crippen LogP) is 2.62. The van der Waals surface area contributed by atoms with Gasteiger partial charge in [-0.3, -0.25) is 0 Å². The van der Waals surface area contributed by atoms with Crippen LogP contribution in [0.5, 0.6) is 0 Å². The summed E-state index contributed by atoms with van der Waals surface area (Å²) in [6.45, 7) is 12.2. The third kappa shape index (κ3) is 6.43. The first-order valence-electron chi connectivity index (χ1n) is 3.21. The molecule has 48 valence electrons. The van der Waals surface area contributed by atoms with E-state index in [2.05, 4.69) is 32.7 Å². The molecule has 0 atom stereocenters. The van der Waals surface area contributed by atoms with Crippen LogP contribution in [0.1, 0.15) is 0 Å². The third-order valence-corrected chi connectivity index (χ3v) is 7.95.